The van der Waals surface area contributed by atoms with Gasteiger partial charge in [0.25, 0.3) is 0 Å². The molecule has 8 heteroatoms. The molecular formula is C29H30N2O6. The summed E-state index contributed by atoms with van der Waals surface area (Å²) < 4.78 is 16.0. The van der Waals surface area contributed by atoms with Crippen molar-refractivity contribution in [2.45, 2.75) is 39.0 Å². The predicted molar refractivity (Wildman–Crippen MR) is 137 cm³/mol. The van der Waals surface area contributed by atoms with Crippen LogP contribution in [0, 0.1) is 5.92 Å². The number of rotatable bonds is 10. The summed E-state index contributed by atoms with van der Waals surface area (Å²) in [5.74, 6) is 0.122. The SMILES string of the molecule is CC(C)[C@H](NC(=O)[C@H](Cc1ccccc1)NC(=O)OCc1ccccc1)C(=O)c1ccc2c(c1)OCO2. The Labute approximate surface area is 215 Å². The third kappa shape index (κ3) is 6.88. The molecule has 1 heterocycles. The summed E-state index contributed by atoms with van der Waals surface area (Å²) in [6.45, 7) is 3.88. The number of nitrogens with one attached hydrogen (secondary N) is 2. The van der Waals surface area contributed by atoms with Crippen molar-refractivity contribution in [3.63, 3.8) is 0 Å². The number of hydrogen-bond acceptors (Lipinski definition) is 6. The van der Waals surface area contributed by atoms with Gasteiger partial charge in [0.15, 0.2) is 17.3 Å². The highest BCUT2D eigenvalue weighted by Crippen LogP contribution is 2.33. The molecule has 1 aliphatic heterocycles. The molecule has 0 radical (unpaired) electrons. The van der Waals surface area contributed by atoms with E-state index in [1.54, 1.807) is 18.2 Å². The molecule has 192 valence electrons. The first-order valence-electron chi connectivity index (χ1n) is 12.2. The molecule has 1 aliphatic rings. The zero-order valence-corrected chi connectivity index (χ0v) is 20.8. The Morgan fingerprint density at radius 1 is 0.838 bits per heavy atom. The highest BCUT2D eigenvalue weighted by atomic mass is 16.7. The fourth-order valence-corrected chi connectivity index (χ4v) is 3.98. The lowest BCUT2D eigenvalue weighted by Crippen LogP contribution is -2.54. The molecule has 2 amide bonds. The normalized spacial score (nSPS) is 13.5. The number of benzene rings is 3. The van der Waals surface area contributed by atoms with E-state index in [2.05, 4.69) is 10.6 Å². The molecule has 0 aromatic heterocycles. The summed E-state index contributed by atoms with van der Waals surface area (Å²) in [6, 6.07) is 21.8. The number of carbonyl (C=O) groups is 3. The molecule has 3 aromatic carbocycles. The monoisotopic (exact) mass is 502 g/mol. The summed E-state index contributed by atoms with van der Waals surface area (Å²) in [5, 5.41) is 5.52. The number of amides is 2. The molecule has 8 nitrogen and oxygen atoms in total. The van der Waals surface area contributed by atoms with E-state index in [-0.39, 0.29) is 31.5 Å². The van der Waals surface area contributed by atoms with Crippen LogP contribution >= 0.6 is 0 Å². The number of hydrogen-bond donors (Lipinski definition) is 2. The Balaban J connectivity index is 1.47. The van der Waals surface area contributed by atoms with Crippen LogP contribution in [0.2, 0.25) is 0 Å². The Morgan fingerprint density at radius 2 is 1.49 bits per heavy atom. The van der Waals surface area contributed by atoms with E-state index in [0.29, 0.717) is 17.1 Å². The van der Waals surface area contributed by atoms with Gasteiger partial charge in [0.1, 0.15) is 12.6 Å². The third-order valence-corrected chi connectivity index (χ3v) is 6.01. The summed E-state index contributed by atoms with van der Waals surface area (Å²) in [7, 11) is 0. The molecule has 3 aromatic rings. The van der Waals surface area contributed by atoms with Crippen molar-refractivity contribution in [1.29, 1.82) is 0 Å². The first-order chi connectivity index (χ1) is 17.9. The average Bonchev–Trinajstić information content (AvgIpc) is 3.39. The van der Waals surface area contributed by atoms with Crippen molar-refractivity contribution < 1.29 is 28.6 Å². The second-order valence-corrected chi connectivity index (χ2v) is 9.11. The third-order valence-electron chi connectivity index (χ3n) is 6.01. The first-order valence-corrected chi connectivity index (χ1v) is 12.2. The molecule has 0 saturated carbocycles. The smallest absolute Gasteiger partial charge is 0.408 e. The maximum Gasteiger partial charge on any atom is 0.408 e. The number of ketones is 1. The molecule has 0 bridgehead atoms. The number of alkyl carbamates (subject to hydrolysis) is 1. The summed E-state index contributed by atoms with van der Waals surface area (Å²) in [4.78, 5) is 39.4. The quantitative estimate of drug-likeness (QED) is 0.401. The second kappa shape index (κ2) is 12.1. The molecule has 0 spiro atoms. The van der Waals surface area contributed by atoms with Crippen LogP contribution in [0.15, 0.2) is 78.9 Å². The van der Waals surface area contributed by atoms with Crippen molar-refractivity contribution in [3.05, 3.63) is 95.6 Å². The minimum absolute atomic E-state index is 0.0730. The number of carbonyl (C=O) groups excluding carboxylic acids is 3. The lowest BCUT2D eigenvalue weighted by Gasteiger charge is -2.25. The molecular weight excluding hydrogens is 472 g/mol. The van der Waals surface area contributed by atoms with Gasteiger partial charge in [0, 0.05) is 12.0 Å². The van der Waals surface area contributed by atoms with Crippen molar-refractivity contribution in [2.24, 2.45) is 5.92 Å². The van der Waals surface area contributed by atoms with Crippen LogP contribution in [-0.2, 0) is 22.6 Å². The second-order valence-electron chi connectivity index (χ2n) is 9.11. The molecule has 0 fully saturated rings. The van der Waals surface area contributed by atoms with Gasteiger partial charge in [-0.3, -0.25) is 9.59 Å². The lowest BCUT2D eigenvalue weighted by molar-refractivity contribution is -0.123. The van der Waals surface area contributed by atoms with Crippen molar-refractivity contribution >= 4 is 17.8 Å². The molecule has 0 unspecified atom stereocenters. The van der Waals surface area contributed by atoms with E-state index in [1.807, 2.05) is 74.5 Å². The number of Topliss-reactive ketones (excluding diaryl/α,β-unsaturated/α-hetero) is 1. The summed E-state index contributed by atoms with van der Waals surface area (Å²) in [5.41, 5.74) is 2.09. The zero-order valence-electron chi connectivity index (χ0n) is 20.8. The lowest BCUT2D eigenvalue weighted by atomic mass is 9.94. The van der Waals surface area contributed by atoms with Crippen LogP contribution in [0.3, 0.4) is 0 Å². The molecule has 2 N–H and O–H groups in total. The number of ether oxygens (including phenoxy) is 3. The zero-order chi connectivity index (χ0) is 26.2. The molecule has 0 aliphatic carbocycles. The molecule has 4 rings (SSSR count). The van der Waals surface area contributed by atoms with Crippen LogP contribution in [0.25, 0.3) is 0 Å². The van der Waals surface area contributed by atoms with Crippen molar-refractivity contribution in [1.82, 2.24) is 10.6 Å². The van der Waals surface area contributed by atoms with Gasteiger partial charge in [-0.05, 0) is 35.2 Å². The molecule has 37 heavy (non-hydrogen) atoms. The minimum atomic E-state index is -0.948. The topological polar surface area (TPSA) is 103 Å². The van der Waals surface area contributed by atoms with Crippen LogP contribution in [0.1, 0.15) is 35.3 Å². The summed E-state index contributed by atoms with van der Waals surface area (Å²) in [6.07, 6.45) is -0.487. The van der Waals surface area contributed by atoms with E-state index in [9.17, 15) is 14.4 Å². The van der Waals surface area contributed by atoms with E-state index in [4.69, 9.17) is 14.2 Å². The Kier molecular flexibility index (Phi) is 8.40. The van der Waals surface area contributed by atoms with Gasteiger partial charge in [0.05, 0.1) is 6.04 Å². The maximum atomic E-state index is 13.4. The highest BCUT2D eigenvalue weighted by Gasteiger charge is 2.30. The summed E-state index contributed by atoms with van der Waals surface area (Å²) >= 11 is 0. The van der Waals surface area contributed by atoms with Gasteiger partial charge in [-0.1, -0.05) is 74.5 Å². The average molecular weight is 503 g/mol. The Hall–Kier alpha value is -4.33. The highest BCUT2D eigenvalue weighted by molar-refractivity contribution is 6.03. The van der Waals surface area contributed by atoms with Gasteiger partial charge in [-0.15, -0.1) is 0 Å². The van der Waals surface area contributed by atoms with Gasteiger partial charge in [0.2, 0.25) is 12.7 Å². The fourth-order valence-electron chi connectivity index (χ4n) is 3.98. The van der Waals surface area contributed by atoms with Crippen molar-refractivity contribution in [2.75, 3.05) is 6.79 Å². The Bertz CT molecular complexity index is 1230. The van der Waals surface area contributed by atoms with E-state index in [1.165, 1.54) is 0 Å². The van der Waals surface area contributed by atoms with Crippen LogP contribution in [0.5, 0.6) is 11.5 Å². The van der Waals surface area contributed by atoms with Crippen LogP contribution in [-0.4, -0.2) is 36.7 Å². The standard InChI is InChI=1S/C29H30N2O6/c1-19(2)26(27(32)22-13-14-24-25(16-22)37-18-36-24)31-28(33)23(15-20-9-5-3-6-10-20)30-29(34)35-17-21-11-7-4-8-12-21/h3-14,16,19,23,26H,15,17-18H2,1-2H3,(H,30,34)(H,31,33)/t23-,26-/m0/s1. The van der Waals surface area contributed by atoms with Crippen molar-refractivity contribution in [3.8, 4) is 11.5 Å². The molecule has 0 saturated heterocycles. The largest absolute Gasteiger partial charge is 0.454 e. The van der Waals surface area contributed by atoms with Gasteiger partial charge in [-0.25, -0.2) is 4.79 Å². The fraction of sp³-hybridized carbons (Fsp3) is 0.276. The first kappa shape index (κ1) is 25.8. The van der Waals surface area contributed by atoms with Crippen LogP contribution < -0.4 is 20.1 Å². The van der Waals surface area contributed by atoms with E-state index < -0.39 is 24.1 Å². The van der Waals surface area contributed by atoms with Gasteiger partial charge in [-0.2, -0.15) is 0 Å². The maximum absolute atomic E-state index is 13.4. The molecule has 2 atom stereocenters. The minimum Gasteiger partial charge on any atom is -0.454 e. The van der Waals surface area contributed by atoms with E-state index in [0.717, 1.165) is 11.1 Å². The Morgan fingerprint density at radius 3 is 2.16 bits per heavy atom. The van der Waals surface area contributed by atoms with Gasteiger partial charge >= 0.3 is 6.09 Å². The van der Waals surface area contributed by atoms with E-state index >= 15 is 0 Å². The number of fused-ring (bicyclic) bond motifs is 1. The van der Waals surface area contributed by atoms with Crippen LogP contribution in [0.4, 0.5) is 4.79 Å². The van der Waals surface area contributed by atoms with Gasteiger partial charge < -0.3 is 24.8 Å². The predicted octanol–water partition coefficient (Wildman–Crippen LogP) is 4.28.